The summed E-state index contributed by atoms with van der Waals surface area (Å²) in [4.78, 5) is 35.7. The second-order valence-corrected chi connectivity index (χ2v) is 9.58. The molecule has 2 amide bonds. The van der Waals surface area contributed by atoms with Crippen LogP contribution in [0.3, 0.4) is 0 Å². The average Bonchev–Trinajstić information content (AvgIpc) is 3.39. The minimum Gasteiger partial charge on any atom is -0.450 e. The van der Waals surface area contributed by atoms with E-state index in [1.54, 1.807) is 16.5 Å². The van der Waals surface area contributed by atoms with E-state index in [-0.39, 0.29) is 12.0 Å². The molecule has 0 radical (unpaired) electrons. The molecule has 39 heavy (non-hydrogen) atoms. The van der Waals surface area contributed by atoms with Crippen LogP contribution in [0.4, 0.5) is 16.4 Å². The molecule has 0 unspecified atom stereocenters. The topological polar surface area (TPSA) is 105 Å². The number of carbonyl (C=O) groups is 2. The van der Waals surface area contributed by atoms with Crippen molar-refractivity contribution in [1.29, 1.82) is 0 Å². The Hall–Kier alpha value is -3.96. The third-order valence-electron chi connectivity index (χ3n) is 7.10. The van der Waals surface area contributed by atoms with Crippen LogP contribution in [0, 0.1) is 0 Å². The van der Waals surface area contributed by atoms with Crippen LogP contribution in [0.5, 0.6) is 0 Å². The molecule has 0 aliphatic carbocycles. The Kier molecular flexibility index (Phi) is 8.38. The quantitative estimate of drug-likeness (QED) is 0.471. The van der Waals surface area contributed by atoms with Gasteiger partial charge in [-0.25, -0.2) is 9.31 Å². The van der Waals surface area contributed by atoms with Gasteiger partial charge in [0.2, 0.25) is 5.95 Å². The number of anilines is 2. The predicted molar refractivity (Wildman–Crippen MR) is 148 cm³/mol. The summed E-state index contributed by atoms with van der Waals surface area (Å²) in [5, 5.41) is 7.84. The Labute approximate surface area is 228 Å². The first-order valence-corrected chi connectivity index (χ1v) is 13.4. The zero-order chi connectivity index (χ0) is 27.2. The first-order valence-electron chi connectivity index (χ1n) is 13.4. The van der Waals surface area contributed by atoms with Crippen LogP contribution in [0.15, 0.2) is 48.7 Å². The van der Waals surface area contributed by atoms with E-state index < -0.39 is 0 Å². The van der Waals surface area contributed by atoms with Crippen molar-refractivity contribution in [2.75, 3.05) is 71.5 Å². The highest BCUT2D eigenvalue weighted by Crippen LogP contribution is 2.27. The van der Waals surface area contributed by atoms with Crippen LogP contribution in [0.25, 0.3) is 11.2 Å². The lowest BCUT2D eigenvalue weighted by Crippen LogP contribution is -2.49. The minimum absolute atomic E-state index is 0.0470. The molecule has 206 valence electrons. The second kappa shape index (κ2) is 12.3. The smallest absolute Gasteiger partial charge is 0.410 e. The van der Waals surface area contributed by atoms with Crippen molar-refractivity contribution in [1.82, 2.24) is 29.3 Å². The summed E-state index contributed by atoms with van der Waals surface area (Å²) in [6.07, 6.45) is 4.34. The number of pyridine rings is 1. The monoisotopic (exact) mass is 533 g/mol. The summed E-state index contributed by atoms with van der Waals surface area (Å²) in [6.45, 7) is 8.02. The van der Waals surface area contributed by atoms with Crippen LogP contribution in [0.1, 0.15) is 29.3 Å². The molecule has 11 nitrogen and oxygen atoms in total. The van der Waals surface area contributed by atoms with Crippen LogP contribution in [0.2, 0.25) is 0 Å². The zero-order valence-electron chi connectivity index (χ0n) is 22.5. The van der Waals surface area contributed by atoms with Crippen molar-refractivity contribution >= 4 is 34.9 Å². The Morgan fingerprint density at radius 2 is 1.82 bits per heavy atom. The number of rotatable bonds is 8. The van der Waals surface area contributed by atoms with Gasteiger partial charge in [-0.05, 0) is 55.3 Å². The normalized spacial score (nSPS) is 16.3. The Bertz CT molecular complexity index is 1330. The van der Waals surface area contributed by atoms with Crippen molar-refractivity contribution in [2.45, 2.75) is 13.3 Å². The third kappa shape index (κ3) is 6.21. The molecule has 2 aliphatic heterocycles. The molecule has 0 bridgehead atoms. The van der Waals surface area contributed by atoms with Crippen molar-refractivity contribution < 1.29 is 19.1 Å². The predicted octanol–water partition coefficient (Wildman–Crippen LogP) is 3.12. The Morgan fingerprint density at radius 3 is 2.51 bits per heavy atom. The van der Waals surface area contributed by atoms with Gasteiger partial charge in [0.15, 0.2) is 5.65 Å². The Balaban J connectivity index is 1.22. The number of hydrogen-bond donors (Lipinski definition) is 1. The van der Waals surface area contributed by atoms with Gasteiger partial charge in [-0.2, -0.15) is 4.98 Å². The summed E-state index contributed by atoms with van der Waals surface area (Å²) in [5.41, 5.74) is 4.33. The van der Waals surface area contributed by atoms with Crippen molar-refractivity contribution in [2.24, 2.45) is 0 Å². The SMILES string of the molecule is CCOC(=O)N1CC=C(c2cccn3nc(Nc4ccc(C(=O)N5CCN(CCOC)CC5)cc4)nc23)CC1. The lowest BCUT2D eigenvalue weighted by atomic mass is 10.0. The fourth-order valence-electron chi connectivity index (χ4n) is 4.91. The molecule has 1 aromatic carbocycles. The number of carbonyl (C=O) groups excluding carboxylic acids is 2. The molecule has 1 fully saturated rings. The van der Waals surface area contributed by atoms with Gasteiger partial charge in [-0.1, -0.05) is 6.08 Å². The molecule has 0 saturated carbocycles. The van der Waals surface area contributed by atoms with E-state index >= 15 is 0 Å². The molecule has 0 atom stereocenters. The molecule has 2 aromatic heterocycles. The van der Waals surface area contributed by atoms with Crippen LogP contribution in [-0.2, 0) is 9.47 Å². The molecular formula is C28H35N7O4. The number of nitrogens with one attached hydrogen (secondary N) is 1. The number of benzene rings is 1. The number of fused-ring (bicyclic) bond motifs is 1. The van der Waals surface area contributed by atoms with Crippen molar-refractivity contribution in [3.8, 4) is 0 Å². The first-order chi connectivity index (χ1) is 19.1. The number of aromatic nitrogens is 3. The highest BCUT2D eigenvalue weighted by Gasteiger charge is 2.23. The van der Waals surface area contributed by atoms with Crippen LogP contribution < -0.4 is 5.32 Å². The lowest BCUT2D eigenvalue weighted by Gasteiger charge is -2.34. The highest BCUT2D eigenvalue weighted by atomic mass is 16.6. The van der Waals surface area contributed by atoms with Crippen molar-refractivity contribution in [3.63, 3.8) is 0 Å². The van der Waals surface area contributed by atoms with E-state index in [1.807, 2.05) is 60.5 Å². The van der Waals surface area contributed by atoms with Gasteiger partial charge in [0.25, 0.3) is 5.91 Å². The zero-order valence-corrected chi connectivity index (χ0v) is 22.5. The minimum atomic E-state index is -0.284. The molecule has 3 aromatic rings. The van der Waals surface area contributed by atoms with Gasteiger partial charge in [0, 0.05) is 75.9 Å². The average molecular weight is 534 g/mol. The van der Waals surface area contributed by atoms with E-state index in [2.05, 4.69) is 15.3 Å². The number of piperazine rings is 1. The number of ether oxygens (including phenoxy) is 2. The number of hydrogen-bond acceptors (Lipinski definition) is 8. The fraction of sp³-hybridized carbons (Fsp3) is 0.429. The maximum Gasteiger partial charge on any atom is 0.410 e. The van der Waals surface area contributed by atoms with Crippen molar-refractivity contribution in [3.05, 3.63) is 59.8 Å². The molecule has 1 saturated heterocycles. The van der Waals surface area contributed by atoms with E-state index in [9.17, 15) is 9.59 Å². The fourth-order valence-corrected chi connectivity index (χ4v) is 4.91. The molecule has 2 aliphatic rings. The number of amides is 2. The first kappa shape index (κ1) is 26.6. The molecule has 5 rings (SSSR count). The van der Waals surface area contributed by atoms with E-state index in [4.69, 9.17) is 14.5 Å². The van der Waals surface area contributed by atoms with E-state index in [0.717, 1.165) is 42.1 Å². The maximum absolute atomic E-state index is 13.0. The maximum atomic E-state index is 13.0. The lowest BCUT2D eigenvalue weighted by molar-refractivity contribution is 0.0594. The van der Waals surface area contributed by atoms with Gasteiger partial charge in [-0.15, -0.1) is 5.10 Å². The second-order valence-electron chi connectivity index (χ2n) is 9.58. The van der Waals surface area contributed by atoms with Crippen LogP contribution in [-0.4, -0.2) is 107 Å². The van der Waals surface area contributed by atoms with Gasteiger partial charge >= 0.3 is 6.09 Å². The third-order valence-corrected chi connectivity index (χ3v) is 7.10. The van der Waals surface area contributed by atoms with E-state index in [1.165, 1.54) is 0 Å². The number of nitrogens with zero attached hydrogens (tertiary/aromatic N) is 6. The molecular weight excluding hydrogens is 498 g/mol. The molecule has 11 heteroatoms. The summed E-state index contributed by atoms with van der Waals surface area (Å²) in [7, 11) is 1.71. The molecule has 0 spiro atoms. The summed E-state index contributed by atoms with van der Waals surface area (Å²) >= 11 is 0. The summed E-state index contributed by atoms with van der Waals surface area (Å²) in [5.74, 6) is 0.518. The van der Waals surface area contributed by atoms with E-state index in [0.29, 0.717) is 57.3 Å². The molecule has 4 heterocycles. The highest BCUT2D eigenvalue weighted by molar-refractivity contribution is 5.94. The summed E-state index contributed by atoms with van der Waals surface area (Å²) < 4.78 is 12.0. The number of methoxy groups -OCH3 is 1. The van der Waals surface area contributed by atoms with Gasteiger partial charge in [0.05, 0.1) is 13.2 Å². The van der Waals surface area contributed by atoms with Crippen LogP contribution >= 0.6 is 0 Å². The molecule has 1 N–H and O–H groups in total. The van der Waals surface area contributed by atoms with Gasteiger partial charge in [-0.3, -0.25) is 9.69 Å². The Morgan fingerprint density at radius 1 is 1.03 bits per heavy atom. The van der Waals surface area contributed by atoms with Gasteiger partial charge < -0.3 is 24.6 Å². The van der Waals surface area contributed by atoms with Gasteiger partial charge in [0.1, 0.15) is 0 Å². The largest absolute Gasteiger partial charge is 0.450 e. The standard InChI is InChI=1S/C28H35N7O4/c1-3-39-28(37)34-13-10-21(11-14-34)24-5-4-12-35-25(24)30-27(31-35)29-23-8-6-22(7-9-23)26(36)33-17-15-32(16-18-33)19-20-38-2/h4-10,12H,3,11,13-20H2,1-2H3,(H,29,31). The summed E-state index contributed by atoms with van der Waals surface area (Å²) in [6, 6.07) is 11.4.